The molecule has 0 bridgehead atoms. The fourth-order valence-corrected chi connectivity index (χ4v) is 2.36. The van der Waals surface area contributed by atoms with Crippen molar-refractivity contribution in [3.05, 3.63) is 35.5 Å². The van der Waals surface area contributed by atoms with Crippen LogP contribution in [0.2, 0.25) is 0 Å². The number of carboxylic acid groups (broad SMARTS) is 1. The number of nitrogens with zero attached hydrogens (tertiary/aromatic N) is 1. The summed E-state index contributed by atoms with van der Waals surface area (Å²) >= 11 is 0. The minimum atomic E-state index is -0.872. The van der Waals surface area contributed by atoms with Crippen LogP contribution in [0.5, 0.6) is 0 Å². The Hall–Kier alpha value is -1.81. The molecule has 4 heteroatoms. The fraction of sp³-hybridized carbons (Fsp3) is 0.357. The Bertz CT molecular complexity index is 572. The molecule has 2 rings (SSSR count). The van der Waals surface area contributed by atoms with Gasteiger partial charge in [-0.1, -0.05) is 6.07 Å². The van der Waals surface area contributed by atoms with Gasteiger partial charge in [-0.25, -0.2) is 4.79 Å². The van der Waals surface area contributed by atoms with Crippen molar-refractivity contribution >= 4 is 16.9 Å². The van der Waals surface area contributed by atoms with Gasteiger partial charge < -0.3 is 15.4 Å². The van der Waals surface area contributed by atoms with E-state index in [1.165, 1.54) is 0 Å². The van der Waals surface area contributed by atoms with Gasteiger partial charge in [0.1, 0.15) is 0 Å². The molecule has 0 amide bonds. The maximum atomic E-state index is 11.3. The van der Waals surface area contributed by atoms with Gasteiger partial charge in [0.05, 0.1) is 5.56 Å². The smallest absolute Gasteiger partial charge is 0.336 e. The largest absolute Gasteiger partial charge is 0.478 e. The summed E-state index contributed by atoms with van der Waals surface area (Å²) in [6, 6.07) is 5.43. The van der Waals surface area contributed by atoms with E-state index in [0.29, 0.717) is 12.1 Å². The van der Waals surface area contributed by atoms with Gasteiger partial charge in [0, 0.05) is 23.6 Å². The highest BCUT2D eigenvalue weighted by molar-refractivity contribution is 6.04. The van der Waals surface area contributed by atoms with E-state index in [-0.39, 0.29) is 0 Å². The molecular weight excluding hydrogens is 228 g/mol. The van der Waals surface area contributed by atoms with Gasteiger partial charge in [0.2, 0.25) is 0 Å². The third-order valence-electron chi connectivity index (χ3n) is 3.21. The molecule has 1 aromatic carbocycles. The predicted molar refractivity (Wildman–Crippen MR) is 71.9 cm³/mol. The summed E-state index contributed by atoms with van der Waals surface area (Å²) in [6.07, 6.45) is 3.74. The summed E-state index contributed by atoms with van der Waals surface area (Å²) in [6.45, 7) is 3.51. The molecule has 0 aliphatic heterocycles. The second-order valence-corrected chi connectivity index (χ2v) is 4.34. The third kappa shape index (κ3) is 2.11. The molecule has 0 saturated heterocycles. The van der Waals surface area contributed by atoms with Crippen LogP contribution in [0.3, 0.4) is 0 Å². The first-order chi connectivity index (χ1) is 8.69. The molecule has 0 atom stereocenters. The Balaban J connectivity index is 2.65. The summed E-state index contributed by atoms with van der Waals surface area (Å²) in [5, 5.41) is 10.1. The van der Waals surface area contributed by atoms with E-state index in [0.717, 1.165) is 35.9 Å². The summed E-state index contributed by atoms with van der Waals surface area (Å²) in [5.41, 5.74) is 7.98. The zero-order valence-corrected chi connectivity index (χ0v) is 10.5. The molecule has 3 N–H and O–H groups in total. The monoisotopic (exact) mass is 246 g/mol. The number of hydrogen-bond donors (Lipinski definition) is 2. The van der Waals surface area contributed by atoms with Crippen LogP contribution in [0, 0.1) is 0 Å². The lowest BCUT2D eigenvalue weighted by Crippen LogP contribution is -2.01. The normalized spacial score (nSPS) is 11.0. The van der Waals surface area contributed by atoms with Gasteiger partial charge in [-0.2, -0.15) is 0 Å². The second kappa shape index (κ2) is 5.23. The van der Waals surface area contributed by atoms with Crippen molar-refractivity contribution in [2.45, 2.75) is 26.3 Å². The fourth-order valence-electron chi connectivity index (χ4n) is 2.36. The van der Waals surface area contributed by atoms with Crippen LogP contribution in [0.25, 0.3) is 10.9 Å². The molecule has 0 unspecified atom stereocenters. The van der Waals surface area contributed by atoms with Gasteiger partial charge in [0.25, 0.3) is 0 Å². The highest BCUT2D eigenvalue weighted by atomic mass is 16.4. The van der Waals surface area contributed by atoms with Crippen molar-refractivity contribution in [3.63, 3.8) is 0 Å². The molecule has 4 nitrogen and oxygen atoms in total. The first-order valence-corrected chi connectivity index (χ1v) is 6.23. The predicted octanol–water partition coefficient (Wildman–Crippen LogP) is 2.25. The van der Waals surface area contributed by atoms with E-state index in [1.54, 1.807) is 12.1 Å². The van der Waals surface area contributed by atoms with E-state index < -0.39 is 5.97 Å². The Kier molecular flexibility index (Phi) is 3.67. The molecule has 1 heterocycles. The van der Waals surface area contributed by atoms with E-state index in [1.807, 2.05) is 12.3 Å². The van der Waals surface area contributed by atoms with Crippen LogP contribution in [0.1, 0.15) is 29.3 Å². The molecule has 0 spiro atoms. The van der Waals surface area contributed by atoms with Crippen LogP contribution in [0.4, 0.5) is 0 Å². The second-order valence-electron chi connectivity index (χ2n) is 4.34. The topological polar surface area (TPSA) is 68.2 Å². The van der Waals surface area contributed by atoms with Gasteiger partial charge in [-0.05, 0) is 44.0 Å². The number of carboxylic acids is 1. The first-order valence-electron chi connectivity index (χ1n) is 6.23. The number of aromatic nitrogens is 1. The molecule has 18 heavy (non-hydrogen) atoms. The molecule has 1 aromatic heterocycles. The minimum Gasteiger partial charge on any atom is -0.478 e. The number of carbonyl (C=O) groups is 1. The Morgan fingerprint density at radius 3 is 2.83 bits per heavy atom. The van der Waals surface area contributed by atoms with E-state index in [2.05, 4.69) is 11.5 Å². The lowest BCUT2D eigenvalue weighted by molar-refractivity contribution is 0.0699. The Labute approximate surface area is 106 Å². The standard InChI is InChI=1S/C14H18N2O2/c1-2-16-9-10(5-4-8-15)13-11(14(17)18)6-3-7-12(13)16/h3,6-7,9H,2,4-5,8,15H2,1H3,(H,17,18). The maximum absolute atomic E-state index is 11.3. The number of benzene rings is 1. The van der Waals surface area contributed by atoms with E-state index in [9.17, 15) is 9.90 Å². The summed E-state index contributed by atoms with van der Waals surface area (Å²) in [4.78, 5) is 11.3. The zero-order chi connectivity index (χ0) is 13.1. The number of hydrogen-bond acceptors (Lipinski definition) is 2. The van der Waals surface area contributed by atoms with Crippen molar-refractivity contribution in [1.82, 2.24) is 4.57 Å². The first kappa shape index (κ1) is 12.6. The van der Waals surface area contributed by atoms with Crippen LogP contribution in [-0.2, 0) is 13.0 Å². The average Bonchev–Trinajstić information content (AvgIpc) is 2.74. The lowest BCUT2D eigenvalue weighted by atomic mass is 10.0. The summed E-state index contributed by atoms with van der Waals surface area (Å²) in [5.74, 6) is -0.872. The van der Waals surface area contributed by atoms with Crippen LogP contribution < -0.4 is 5.73 Å². The Morgan fingerprint density at radius 1 is 1.44 bits per heavy atom. The molecule has 0 radical (unpaired) electrons. The SMILES string of the molecule is CCn1cc(CCCN)c2c(C(=O)O)cccc21. The number of aromatic carboxylic acids is 1. The van der Waals surface area contributed by atoms with Gasteiger partial charge in [-0.3, -0.25) is 0 Å². The highest BCUT2D eigenvalue weighted by Gasteiger charge is 2.15. The average molecular weight is 246 g/mol. The lowest BCUT2D eigenvalue weighted by Gasteiger charge is -2.02. The quantitative estimate of drug-likeness (QED) is 0.850. The summed E-state index contributed by atoms with van der Waals surface area (Å²) < 4.78 is 2.09. The molecule has 0 fully saturated rings. The van der Waals surface area contributed by atoms with Crippen LogP contribution >= 0.6 is 0 Å². The van der Waals surface area contributed by atoms with Crippen molar-refractivity contribution in [2.24, 2.45) is 5.73 Å². The maximum Gasteiger partial charge on any atom is 0.336 e. The molecule has 0 saturated carbocycles. The molecule has 0 aliphatic carbocycles. The molecule has 96 valence electrons. The van der Waals surface area contributed by atoms with Gasteiger partial charge >= 0.3 is 5.97 Å². The molecule has 0 aliphatic rings. The van der Waals surface area contributed by atoms with Crippen molar-refractivity contribution in [2.75, 3.05) is 6.54 Å². The zero-order valence-electron chi connectivity index (χ0n) is 10.5. The third-order valence-corrected chi connectivity index (χ3v) is 3.21. The van der Waals surface area contributed by atoms with Crippen molar-refractivity contribution in [1.29, 1.82) is 0 Å². The van der Waals surface area contributed by atoms with Crippen molar-refractivity contribution < 1.29 is 9.90 Å². The molecule has 2 aromatic rings. The Morgan fingerprint density at radius 2 is 2.22 bits per heavy atom. The van der Waals surface area contributed by atoms with Crippen LogP contribution in [0.15, 0.2) is 24.4 Å². The van der Waals surface area contributed by atoms with Gasteiger partial charge in [-0.15, -0.1) is 0 Å². The highest BCUT2D eigenvalue weighted by Crippen LogP contribution is 2.26. The number of aryl methyl sites for hydroxylation is 2. The van der Waals surface area contributed by atoms with Gasteiger partial charge in [0.15, 0.2) is 0 Å². The van der Waals surface area contributed by atoms with Crippen molar-refractivity contribution in [3.8, 4) is 0 Å². The number of rotatable bonds is 5. The van der Waals surface area contributed by atoms with Crippen LogP contribution in [-0.4, -0.2) is 22.2 Å². The van der Waals surface area contributed by atoms with E-state index >= 15 is 0 Å². The number of nitrogens with two attached hydrogens (primary N) is 1. The number of fused-ring (bicyclic) bond motifs is 1. The molecular formula is C14H18N2O2. The minimum absolute atomic E-state index is 0.381. The van der Waals surface area contributed by atoms with E-state index in [4.69, 9.17) is 5.73 Å². The summed E-state index contributed by atoms with van der Waals surface area (Å²) in [7, 11) is 0.